The lowest BCUT2D eigenvalue weighted by atomic mass is 9.92. The molecule has 0 aliphatic heterocycles. The van der Waals surface area contributed by atoms with Gasteiger partial charge in [-0.2, -0.15) is 0 Å². The first kappa shape index (κ1) is 32.9. The molecule has 0 radical (unpaired) electrons. The number of hydrogen-bond acceptors (Lipinski definition) is 3. The smallest absolute Gasteiger partial charge is 0.00463 e. The zero-order valence-corrected chi connectivity index (χ0v) is 23.2. The molecule has 33 heavy (non-hydrogen) atoms. The molecule has 2 unspecified atom stereocenters. The summed E-state index contributed by atoms with van der Waals surface area (Å²) in [4.78, 5) is 0. The van der Waals surface area contributed by atoms with Gasteiger partial charge < -0.3 is 16.8 Å². The lowest BCUT2D eigenvalue weighted by Gasteiger charge is -2.19. The molecule has 2 atom stereocenters. The normalized spacial score (nSPS) is 13.5. The third-order valence-corrected chi connectivity index (χ3v) is 7.52. The highest BCUT2D eigenvalue weighted by atomic mass is 14.8. The largest absolute Gasteiger partial charge is 0.330 e. The average molecular weight is 468 g/mol. The van der Waals surface area contributed by atoms with Gasteiger partial charge in [0.25, 0.3) is 0 Å². The van der Waals surface area contributed by atoms with Crippen molar-refractivity contribution in [2.24, 2.45) is 23.3 Å². The van der Waals surface area contributed by atoms with Gasteiger partial charge in [0.2, 0.25) is 0 Å². The first-order valence-electron chi connectivity index (χ1n) is 15.4. The van der Waals surface area contributed by atoms with E-state index in [1.54, 1.807) is 0 Å². The van der Waals surface area contributed by atoms with Crippen LogP contribution >= 0.6 is 0 Å². The van der Waals surface area contributed by atoms with Crippen molar-refractivity contribution in [3.63, 3.8) is 0 Å². The maximum absolute atomic E-state index is 5.80. The van der Waals surface area contributed by atoms with Gasteiger partial charge in [-0.05, 0) is 76.5 Å². The van der Waals surface area contributed by atoms with Crippen LogP contribution in [0, 0.1) is 11.8 Å². The maximum Gasteiger partial charge on any atom is -0.00463 e. The van der Waals surface area contributed by atoms with Crippen LogP contribution in [0.3, 0.4) is 0 Å². The van der Waals surface area contributed by atoms with Crippen LogP contribution < -0.4 is 16.8 Å². The molecule has 3 heteroatoms. The summed E-state index contributed by atoms with van der Waals surface area (Å²) in [6, 6.07) is 0. The van der Waals surface area contributed by atoms with E-state index in [4.69, 9.17) is 11.5 Å². The molecule has 0 aromatic heterocycles. The van der Waals surface area contributed by atoms with E-state index < -0.39 is 0 Å². The number of rotatable bonds is 28. The van der Waals surface area contributed by atoms with Gasteiger partial charge in [0, 0.05) is 0 Å². The summed E-state index contributed by atoms with van der Waals surface area (Å²) in [5.74, 6) is 1.75. The van der Waals surface area contributed by atoms with Crippen molar-refractivity contribution in [2.75, 3.05) is 26.2 Å². The summed E-state index contributed by atoms with van der Waals surface area (Å²) in [5, 5.41) is 3.79. The highest BCUT2D eigenvalue weighted by Gasteiger charge is 2.10. The monoisotopic (exact) mass is 468 g/mol. The summed E-state index contributed by atoms with van der Waals surface area (Å²) in [6.07, 6.45) is 30.4. The molecule has 3 nitrogen and oxygen atoms in total. The minimum atomic E-state index is 0.850. The second-order valence-corrected chi connectivity index (χ2v) is 10.7. The van der Waals surface area contributed by atoms with E-state index >= 15 is 0 Å². The van der Waals surface area contributed by atoms with Gasteiger partial charge in [0.1, 0.15) is 0 Å². The van der Waals surface area contributed by atoms with Crippen LogP contribution in [0.25, 0.3) is 0 Å². The molecule has 0 amide bonds. The Kier molecular flexibility index (Phi) is 28.0. The zero-order valence-electron chi connectivity index (χ0n) is 23.2. The Balaban J connectivity index is 3.94. The topological polar surface area (TPSA) is 64.1 Å². The van der Waals surface area contributed by atoms with Crippen LogP contribution in [0.4, 0.5) is 0 Å². The minimum Gasteiger partial charge on any atom is -0.330 e. The van der Waals surface area contributed by atoms with Crippen molar-refractivity contribution < 1.29 is 0 Å². The summed E-state index contributed by atoms with van der Waals surface area (Å²) >= 11 is 0. The minimum absolute atomic E-state index is 0.850. The molecule has 5 N–H and O–H groups in total. The first-order valence-corrected chi connectivity index (χ1v) is 15.4. The fourth-order valence-electron chi connectivity index (χ4n) is 5.20. The van der Waals surface area contributed by atoms with Crippen LogP contribution in [0.15, 0.2) is 0 Å². The molecular formula is C30H65N3. The van der Waals surface area contributed by atoms with Crippen molar-refractivity contribution in [1.29, 1.82) is 0 Å². The van der Waals surface area contributed by atoms with Gasteiger partial charge in [-0.25, -0.2) is 0 Å². The third kappa shape index (κ3) is 24.8. The van der Waals surface area contributed by atoms with Crippen LogP contribution in [-0.4, -0.2) is 26.2 Å². The van der Waals surface area contributed by atoms with E-state index in [9.17, 15) is 0 Å². The van der Waals surface area contributed by atoms with Gasteiger partial charge in [-0.15, -0.1) is 0 Å². The van der Waals surface area contributed by atoms with Crippen LogP contribution in [0.5, 0.6) is 0 Å². The van der Waals surface area contributed by atoms with E-state index in [0.29, 0.717) is 0 Å². The van der Waals surface area contributed by atoms with Crippen molar-refractivity contribution in [2.45, 2.75) is 155 Å². The van der Waals surface area contributed by atoms with Crippen LogP contribution in [0.2, 0.25) is 0 Å². The van der Waals surface area contributed by atoms with E-state index in [-0.39, 0.29) is 0 Å². The Bertz CT molecular complexity index is 315. The van der Waals surface area contributed by atoms with Gasteiger partial charge >= 0.3 is 0 Å². The molecule has 0 spiro atoms. The van der Waals surface area contributed by atoms with Crippen LogP contribution in [0.1, 0.15) is 155 Å². The SMILES string of the molecule is CCCCCCCCCC(CCCN)CCNCCC(CCCN)CCCCCCCCC. The zero-order chi connectivity index (χ0) is 24.2. The second-order valence-electron chi connectivity index (χ2n) is 10.7. The van der Waals surface area contributed by atoms with Gasteiger partial charge in [0.05, 0.1) is 0 Å². The highest BCUT2D eigenvalue weighted by molar-refractivity contribution is 4.66. The second kappa shape index (κ2) is 28.1. The summed E-state index contributed by atoms with van der Waals surface area (Å²) in [7, 11) is 0. The lowest BCUT2D eigenvalue weighted by molar-refractivity contribution is 0.361. The molecule has 0 rings (SSSR count). The molecule has 0 heterocycles. The Hall–Kier alpha value is -0.120. The molecule has 0 aliphatic rings. The molecule has 0 fully saturated rings. The summed E-state index contributed by atoms with van der Waals surface area (Å²) < 4.78 is 0. The fourth-order valence-corrected chi connectivity index (χ4v) is 5.20. The molecule has 0 saturated carbocycles. The number of nitrogens with two attached hydrogens (primary N) is 2. The Labute approximate surface area is 210 Å². The van der Waals surface area contributed by atoms with E-state index in [1.807, 2.05) is 0 Å². The van der Waals surface area contributed by atoms with Crippen LogP contribution in [-0.2, 0) is 0 Å². The molecule has 0 saturated heterocycles. The van der Waals surface area contributed by atoms with Crippen molar-refractivity contribution >= 4 is 0 Å². The van der Waals surface area contributed by atoms with Crippen molar-refractivity contribution in [3.8, 4) is 0 Å². The number of unbranched alkanes of at least 4 members (excludes halogenated alkanes) is 12. The maximum atomic E-state index is 5.80. The van der Waals surface area contributed by atoms with Crippen molar-refractivity contribution in [3.05, 3.63) is 0 Å². The van der Waals surface area contributed by atoms with Crippen molar-refractivity contribution in [1.82, 2.24) is 5.32 Å². The molecule has 0 bridgehead atoms. The van der Waals surface area contributed by atoms with E-state index in [1.165, 1.54) is 154 Å². The number of nitrogens with one attached hydrogen (secondary N) is 1. The Morgan fingerprint density at radius 3 is 1.12 bits per heavy atom. The average Bonchev–Trinajstić information content (AvgIpc) is 2.83. The Morgan fingerprint density at radius 1 is 0.424 bits per heavy atom. The quantitative estimate of drug-likeness (QED) is 0.101. The molecular weight excluding hydrogens is 402 g/mol. The first-order chi connectivity index (χ1) is 16.3. The van der Waals surface area contributed by atoms with Gasteiger partial charge in [0.15, 0.2) is 0 Å². The summed E-state index contributed by atoms with van der Waals surface area (Å²) in [6.45, 7) is 8.67. The standard InChI is InChI=1S/C30H65N3/c1-3-5-7-9-11-13-15-19-29(21-17-25-31)23-27-33-28-24-30(22-18-26-32)20-16-14-12-10-8-6-4-2/h29-30,33H,3-28,31-32H2,1-2H3. The van der Waals surface area contributed by atoms with Gasteiger partial charge in [-0.3, -0.25) is 0 Å². The highest BCUT2D eigenvalue weighted by Crippen LogP contribution is 2.21. The lowest BCUT2D eigenvalue weighted by Crippen LogP contribution is -2.22. The summed E-state index contributed by atoms with van der Waals surface area (Å²) in [5.41, 5.74) is 11.6. The number of hydrogen-bond donors (Lipinski definition) is 3. The van der Waals surface area contributed by atoms with E-state index in [0.717, 1.165) is 24.9 Å². The molecule has 0 aromatic carbocycles. The predicted octanol–water partition coefficient (Wildman–Crippen LogP) is 8.35. The Morgan fingerprint density at radius 2 is 0.758 bits per heavy atom. The molecule has 0 aromatic rings. The van der Waals surface area contributed by atoms with Gasteiger partial charge in [-0.1, -0.05) is 117 Å². The fraction of sp³-hybridized carbons (Fsp3) is 1.00. The predicted molar refractivity (Wildman–Crippen MR) is 151 cm³/mol. The third-order valence-electron chi connectivity index (χ3n) is 7.52. The molecule has 200 valence electrons. The molecule has 0 aliphatic carbocycles. The van der Waals surface area contributed by atoms with E-state index in [2.05, 4.69) is 19.2 Å².